The molecule has 0 saturated heterocycles. The molecule has 2 aromatic carbocycles. The minimum atomic E-state index is -0.492. The molecule has 6 nitrogen and oxygen atoms in total. The Labute approximate surface area is 133 Å². The molecule has 0 fully saturated rings. The Hall–Kier alpha value is -3.15. The third kappa shape index (κ3) is 4.67. The highest BCUT2D eigenvalue weighted by molar-refractivity contribution is 5.92. The number of carbonyl (C=O) groups is 1. The number of hydrogen-bond acceptors (Lipinski definition) is 4. The van der Waals surface area contributed by atoms with Gasteiger partial charge in [-0.25, -0.2) is 0 Å². The first-order valence-electron chi connectivity index (χ1n) is 6.96. The van der Waals surface area contributed by atoms with E-state index in [4.69, 9.17) is 4.74 Å². The lowest BCUT2D eigenvalue weighted by molar-refractivity contribution is -0.385. The maximum absolute atomic E-state index is 12.0. The Morgan fingerprint density at radius 3 is 2.57 bits per heavy atom. The van der Waals surface area contributed by atoms with Crippen LogP contribution in [0.3, 0.4) is 0 Å². The Bertz CT molecular complexity index is 711. The van der Waals surface area contributed by atoms with Gasteiger partial charge in [-0.1, -0.05) is 30.9 Å². The van der Waals surface area contributed by atoms with Gasteiger partial charge in [0, 0.05) is 17.3 Å². The lowest BCUT2D eigenvalue weighted by Crippen LogP contribution is -2.15. The number of hydrogen-bond donors (Lipinski definition) is 1. The van der Waals surface area contributed by atoms with Crippen molar-refractivity contribution in [3.63, 3.8) is 0 Å². The highest BCUT2D eigenvalue weighted by atomic mass is 16.6. The third-order valence-electron chi connectivity index (χ3n) is 3.05. The molecule has 6 heteroatoms. The quantitative estimate of drug-likeness (QED) is 0.483. The van der Waals surface area contributed by atoms with E-state index in [1.807, 2.05) is 0 Å². The lowest BCUT2D eigenvalue weighted by Gasteiger charge is -2.07. The van der Waals surface area contributed by atoms with Crippen molar-refractivity contribution in [2.24, 2.45) is 0 Å². The molecule has 0 spiro atoms. The van der Waals surface area contributed by atoms with Gasteiger partial charge < -0.3 is 10.1 Å². The molecule has 0 radical (unpaired) electrons. The van der Waals surface area contributed by atoms with E-state index in [1.54, 1.807) is 48.5 Å². The van der Waals surface area contributed by atoms with Crippen molar-refractivity contribution in [1.82, 2.24) is 0 Å². The van der Waals surface area contributed by atoms with Crippen molar-refractivity contribution >= 4 is 17.3 Å². The number of amides is 1. The molecule has 23 heavy (non-hydrogen) atoms. The van der Waals surface area contributed by atoms with Crippen molar-refractivity contribution in [1.29, 1.82) is 0 Å². The summed E-state index contributed by atoms with van der Waals surface area (Å²) in [5, 5.41) is 13.6. The van der Waals surface area contributed by atoms with Crippen LogP contribution in [0.5, 0.6) is 5.75 Å². The summed E-state index contributed by atoms with van der Waals surface area (Å²) >= 11 is 0. The van der Waals surface area contributed by atoms with Crippen LogP contribution in [0.2, 0.25) is 0 Å². The van der Waals surface area contributed by atoms with Crippen molar-refractivity contribution in [3.05, 3.63) is 76.9 Å². The van der Waals surface area contributed by atoms with E-state index in [-0.39, 0.29) is 18.0 Å². The maximum Gasteiger partial charge on any atom is 0.273 e. The van der Waals surface area contributed by atoms with Crippen LogP contribution in [0, 0.1) is 10.1 Å². The summed E-state index contributed by atoms with van der Waals surface area (Å²) in [4.78, 5) is 22.5. The Kier molecular flexibility index (Phi) is 5.46. The summed E-state index contributed by atoms with van der Waals surface area (Å²) in [6, 6.07) is 13.1. The van der Waals surface area contributed by atoms with Crippen LogP contribution < -0.4 is 10.1 Å². The minimum Gasteiger partial charge on any atom is -0.490 e. The summed E-state index contributed by atoms with van der Waals surface area (Å²) in [7, 11) is 0. The number of nitrogens with one attached hydrogen (secondary N) is 1. The fourth-order valence-corrected chi connectivity index (χ4v) is 2.01. The Morgan fingerprint density at radius 1 is 1.22 bits per heavy atom. The smallest absolute Gasteiger partial charge is 0.273 e. The maximum atomic E-state index is 12.0. The van der Waals surface area contributed by atoms with E-state index < -0.39 is 4.92 Å². The monoisotopic (exact) mass is 312 g/mol. The second-order valence-electron chi connectivity index (χ2n) is 4.73. The third-order valence-corrected chi connectivity index (χ3v) is 3.05. The van der Waals surface area contributed by atoms with E-state index in [0.717, 1.165) is 0 Å². The number of nitro benzene ring substituents is 1. The van der Waals surface area contributed by atoms with Crippen LogP contribution >= 0.6 is 0 Å². The number of nitro groups is 1. The minimum absolute atomic E-state index is 0.0594. The van der Waals surface area contributed by atoms with Gasteiger partial charge in [-0.3, -0.25) is 14.9 Å². The number of benzene rings is 2. The molecule has 0 aliphatic heterocycles. The number of para-hydroxylation sites is 1. The van der Waals surface area contributed by atoms with Gasteiger partial charge in [0.25, 0.3) is 5.69 Å². The summed E-state index contributed by atoms with van der Waals surface area (Å²) in [5.74, 6) is 0.348. The molecule has 2 aromatic rings. The molecule has 0 unspecified atom stereocenters. The standard InChI is InChI=1S/C17H16N2O4/c1-2-11-23-15-9-7-14(8-10-15)18-17(20)12-13-5-3-4-6-16(13)19(21)22/h2-10H,1,11-12H2,(H,18,20). The highest BCUT2D eigenvalue weighted by Crippen LogP contribution is 2.19. The number of carbonyl (C=O) groups excluding carboxylic acids is 1. The van der Waals surface area contributed by atoms with E-state index in [0.29, 0.717) is 23.6 Å². The predicted octanol–water partition coefficient (Wildman–Crippen LogP) is 3.34. The fourth-order valence-electron chi connectivity index (χ4n) is 2.01. The van der Waals surface area contributed by atoms with E-state index >= 15 is 0 Å². The van der Waals surface area contributed by atoms with Crippen LogP contribution in [0.1, 0.15) is 5.56 Å². The van der Waals surface area contributed by atoms with E-state index in [1.165, 1.54) is 6.07 Å². The van der Waals surface area contributed by atoms with Crippen molar-refractivity contribution in [3.8, 4) is 5.75 Å². The first-order chi connectivity index (χ1) is 11.1. The van der Waals surface area contributed by atoms with Crippen LogP contribution in [0.15, 0.2) is 61.2 Å². The molecule has 2 rings (SSSR count). The first-order valence-corrected chi connectivity index (χ1v) is 6.96. The van der Waals surface area contributed by atoms with Gasteiger partial charge in [0.15, 0.2) is 0 Å². The van der Waals surface area contributed by atoms with Crippen molar-refractivity contribution in [2.75, 3.05) is 11.9 Å². The highest BCUT2D eigenvalue weighted by Gasteiger charge is 2.15. The summed E-state index contributed by atoms with van der Waals surface area (Å²) in [6.07, 6.45) is 1.58. The second-order valence-corrected chi connectivity index (χ2v) is 4.73. The second kappa shape index (κ2) is 7.74. The SMILES string of the molecule is C=CCOc1ccc(NC(=O)Cc2ccccc2[N+](=O)[O-])cc1. The number of rotatable bonds is 7. The molecular formula is C17H16N2O4. The van der Waals surface area contributed by atoms with E-state index in [2.05, 4.69) is 11.9 Å². The molecule has 0 aromatic heterocycles. The average Bonchev–Trinajstić information content (AvgIpc) is 2.54. The van der Waals surface area contributed by atoms with Gasteiger partial charge in [0.1, 0.15) is 12.4 Å². The molecule has 0 bridgehead atoms. The molecule has 118 valence electrons. The van der Waals surface area contributed by atoms with Crippen molar-refractivity contribution < 1.29 is 14.5 Å². The molecule has 1 amide bonds. The van der Waals surface area contributed by atoms with Crippen LogP contribution in [-0.2, 0) is 11.2 Å². The summed E-state index contributed by atoms with van der Waals surface area (Å²) < 4.78 is 5.35. The fraction of sp³-hybridized carbons (Fsp3) is 0.118. The lowest BCUT2D eigenvalue weighted by atomic mass is 10.1. The zero-order chi connectivity index (χ0) is 16.7. The molecule has 1 N–H and O–H groups in total. The largest absolute Gasteiger partial charge is 0.490 e. The van der Waals surface area contributed by atoms with E-state index in [9.17, 15) is 14.9 Å². The predicted molar refractivity (Wildman–Crippen MR) is 87.6 cm³/mol. The van der Waals surface area contributed by atoms with Gasteiger partial charge in [-0.15, -0.1) is 0 Å². The summed E-state index contributed by atoms with van der Waals surface area (Å²) in [5.41, 5.74) is 0.913. The Balaban J connectivity index is 2.00. The normalized spacial score (nSPS) is 9.91. The molecule has 0 aliphatic rings. The van der Waals surface area contributed by atoms with Crippen LogP contribution in [-0.4, -0.2) is 17.4 Å². The van der Waals surface area contributed by atoms with Gasteiger partial charge in [0.05, 0.1) is 11.3 Å². The molecule has 0 atom stereocenters. The first kappa shape index (κ1) is 16.2. The van der Waals surface area contributed by atoms with Crippen molar-refractivity contribution in [2.45, 2.75) is 6.42 Å². The molecule has 0 heterocycles. The molecule has 0 aliphatic carbocycles. The summed E-state index contributed by atoms with van der Waals surface area (Å²) in [6.45, 7) is 3.97. The number of anilines is 1. The van der Waals surface area contributed by atoms with Gasteiger partial charge >= 0.3 is 0 Å². The zero-order valence-corrected chi connectivity index (χ0v) is 12.4. The number of nitrogens with zero attached hydrogens (tertiary/aromatic N) is 1. The van der Waals surface area contributed by atoms with Gasteiger partial charge in [0.2, 0.25) is 5.91 Å². The Morgan fingerprint density at radius 2 is 1.91 bits per heavy atom. The number of ether oxygens (including phenoxy) is 1. The van der Waals surface area contributed by atoms with Gasteiger partial charge in [-0.05, 0) is 24.3 Å². The van der Waals surface area contributed by atoms with Gasteiger partial charge in [-0.2, -0.15) is 0 Å². The van der Waals surface area contributed by atoms with Crippen LogP contribution in [0.25, 0.3) is 0 Å². The topological polar surface area (TPSA) is 81.5 Å². The molecule has 0 saturated carbocycles. The zero-order valence-electron chi connectivity index (χ0n) is 12.4. The molecular weight excluding hydrogens is 296 g/mol. The van der Waals surface area contributed by atoms with Crippen LogP contribution in [0.4, 0.5) is 11.4 Å². The average molecular weight is 312 g/mol.